The molecular formula is C18H20ClN3O2. The number of nitrogens with one attached hydrogen (secondary N) is 2. The van der Waals surface area contributed by atoms with Gasteiger partial charge in [-0.3, -0.25) is 14.9 Å². The molecule has 0 aromatic heterocycles. The summed E-state index contributed by atoms with van der Waals surface area (Å²) in [7, 11) is 0. The summed E-state index contributed by atoms with van der Waals surface area (Å²) < 4.78 is 0. The van der Waals surface area contributed by atoms with Gasteiger partial charge in [0.15, 0.2) is 0 Å². The Labute approximate surface area is 146 Å². The predicted octanol–water partition coefficient (Wildman–Crippen LogP) is 3.12. The Morgan fingerprint density at radius 2 is 1.67 bits per heavy atom. The standard InChI is InChI=1S/C18H20ClN3O2/c1-11(15-5-3-4-6-16(15)19)21-12(2)18(24)22-14-9-7-13(8-10-14)17(20)23/h3-12,21H,1-2H3,(H2,20,23)(H,22,24)/t11-,12+/m0/s1. The van der Waals surface area contributed by atoms with Crippen LogP contribution in [0, 0.1) is 0 Å². The summed E-state index contributed by atoms with van der Waals surface area (Å²) in [5.74, 6) is -0.683. The van der Waals surface area contributed by atoms with E-state index in [0.717, 1.165) is 5.56 Å². The van der Waals surface area contributed by atoms with Crippen LogP contribution in [0.5, 0.6) is 0 Å². The van der Waals surface area contributed by atoms with Crippen molar-refractivity contribution >= 4 is 29.1 Å². The summed E-state index contributed by atoms with van der Waals surface area (Å²) in [5, 5.41) is 6.67. The molecule has 0 aliphatic heterocycles. The third-order valence-corrected chi connectivity index (χ3v) is 4.05. The van der Waals surface area contributed by atoms with Gasteiger partial charge in [0.2, 0.25) is 11.8 Å². The summed E-state index contributed by atoms with van der Waals surface area (Å²) in [6.07, 6.45) is 0. The Morgan fingerprint density at radius 1 is 1.04 bits per heavy atom. The van der Waals surface area contributed by atoms with Crippen LogP contribution >= 0.6 is 11.6 Å². The van der Waals surface area contributed by atoms with E-state index in [4.69, 9.17) is 17.3 Å². The largest absolute Gasteiger partial charge is 0.366 e. The predicted molar refractivity (Wildman–Crippen MR) is 96.1 cm³/mol. The van der Waals surface area contributed by atoms with Crippen molar-refractivity contribution in [2.75, 3.05) is 5.32 Å². The zero-order chi connectivity index (χ0) is 17.7. The molecule has 2 amide bonds. The fourth-order valence-corrected chi connectivity index (χ4v) is 2.63. The first kappa shape index (κ1) is 18.0. The maximum Gasteiger partial charge on any atom is 0.248 e. The summed E-state index contributed by atoms with van der Waals surface area (Å²) in [5.41, 5.74) is 7.12. The molecule has 126 valence electrons. The second-order valence-electron chi connectivity index (χ2n) is 5.56. The summed E-state index contributed by atoms with van der Waals surface area (Å²) in [4.78, 5) is 23.3. The first-order valence-corrected chi connectivity index (χ1v) is 7.97. The maximum absolute atomic E-state index is 12.3. The van der Waals surface area contributed by atoms with Crippen molar-refractivity contribution in [2.45, 2.75) is 25.9 Å². The fourth-order valence-electron chi connectivity index (χ4n) is 2.34. The molecule has 2 aromatic rings. The van der Waals surface area contributed by atoms with Gasteiger partial charge < -0.3 is 11.1 Å². The van der Waals surface area contributed by atoms with E-state index in [0.29, 0.717) is 16.3 Å². The number of benzene rings is 2. The van der Waals surface area contributed by atoms with E-state index < -0.39 is 11.9 Å². The van der Waals surface area contributed by atoms with Crippen LogP contribution in [0.2, 0.25) is 5.02 Å². The van der Waals surface area contributed by atoms with E-state index in [1.807, 2.05) is 31.2 Å². The van der Waals surface area contributed by atoms with Gasteiger partial charge in [0.1, 0.15) is 0 Å². The topological polar surface area (TPSA) is 84.2 Å². The van der Waals surface area contributed by atoms with E-state index in [1.54, 1.807) is 31.2 Å². The Morgan fingerprint density at radius 3 is 2.25 bits per heavy atom. The molecule has 0 aliphatic rings. The molecule has 24 heavy (non-hydrogen) atoms. The SMILES string of the molecule is C[C@H](N[C@H](C)C(=O)Nc1ccc(C(N)=O)cc1)c1ccccc1Cl. The minimum absolute atomic E-state index is 0.0725. The van der Waals surface area contributed by atoms with Gasteiger partial charge in [-0.15, -0.1) is 0 Å². The van der Waals surface area contributed by atoms with Crippen molar-refractivity contribution < 1.29 is 9.59 Å². The van der Waals surface area contributed by atoms with Gasteiger partial charge >= 0.3 is 0 Å². The number of primary amides is 1. The molecule has 0 radical (unpaired) electrons. The van der Waals surface area contributed by atoms with Crippen molar-refractivity contribution in [3.63, 3.8) is 0 Å². The van der Waals surface area contributed by atoms with E-state index in [9.17, 15) is 9.59 Å². The second-order valence-corrected chi connectivity index (χ2v) is 5.97. The summed E-state index contributed by atoms with van der Waals surface area (Å²) in [6.45, 7) is 3.73. The number of halogens is 1. The van der Waals surface area contributed by atoms with Crippen LogP contribution in [0.1, 0.15) is 35.8 Å². The third kappa shape index (κ3) is 4.57. The number of amides is 2. The van der Waals surface area contributed by atoms with Crippen LogP contribution < -0.4 is 16.4 Å². The number of hydrogen-bond acceptors (Lipinski definition) is 3. The fraction of sp³-hybridized carbons (Fsp3) is 0.222. The minimum atomic E-state index is -0.503. The van der Waals surface area contributed by atoms with Crippen molar-refractivity contribution in [1.82, 2.24) is 5.32 Å². The normalized spacial score (nSPS) is 13.1. The van der Waals surface area contributed by atoms with Crippen LogP contribution in [0.4, 0.5) is 5.69 Å². The number of anilines is 1. The van der Waals surface area contributed by atoms with E-state index in [1.165, 1.54) is 0 Å². The maximum atomic E-state index is 12.3. The molecule has 0 fully saturated rings. The van der Waals surface area contributed by atoms with Crippen LogP contribution in [0.15, 0.2) is 48.5 Å². The number of nitrogens with two attached hydrogens (primary N) is 1. The van der Waals surface area contributed by atoms with E-state index in [-0.39, 0.29) is 11.9 Å². The average molecular weight is 346 g/mol. The number of carbonyl (C=O) groups excluding carboxylic acids is 2. The van der Waals surface area contributed by atoms with Gasteiger partial charge in [-0.1, -0.05) is 29.8 Å². The average Bonchev–Trinajstić information content (AvgIpc) is 2.55. The highest BCUT2D eigenvalue weighted by atomic mass is 35.5. The smallest absolute Gasteiger partial charge is 0.248 e. The summed E-state index contributed by atoms with van der Waals surface area (Å²) in [6, 6.07) is 13.4. The Hall–Kier alpha value is -2.37. The van der Waals surface area contributed by atoms with Gasteiger partial charge in [-0.25, -0.2) is 0 Å². The van der Waals surface area contributed by atoms with Crippen molar-refractivity contribution in [2.24, 2.45) is 5.73 Å². The first-order valence-electron chi connectivity index (χ1n) is 7.59. The number of hydrogen-bond donors (Lipinski definition) is 3. The molecule has 6 heteroatoms. The zero-order valence-corrected chi connectivity index (χ0v) is 14.3. The summed E-state index contributed by atoms with van der Waals surface area (Å²) >= 11 is 6.17. The van der Waals surface area contributed by atoms with Crippen LogP contribution in [0.25, 0.3) is 0 Å². The van der Waals surface area contributed by atoms with Crippen molar-refractivity contribution in [3.05, 3.63) is 64.7 Å². The third-order valence-electron chi connectivity index (χ3n) is 3.70. The molecule has 4 N–H and O–H groups in total. The molecule has 2 atom stereocenters. The molecule has 5 nitrogen and oxygen atoms in total. The number of rotatable bonds is 6. The van der Waals surface area contributed by atoms with Gasteiger partial charge in [0, 0.05) is 22.3 Å². The molecule has 0 bridgehead atoms. The highest BCUT2D eigenvalue weighted by Crippen LogP contribution is 2.22. The lowest BCUT2D eigenvalue weighted by Gasteiger charge is -2.21. The van der Waals surface area contributed by atoms with Gasteiger partial charge in [0.25, 0.3) is 0 Å². The monoisotopic (exact) mass is 345 g/mol. The molecule has 0 saturated carbocycles. The molecular weight excluding hydrogens is 326 g/mol. The van der Waals surface area contributed by atoms with Crippen LogP contribution in [0.3, 0.4) is 0 Å². The van der Waals surface area contributed by atoms with Gasteiger partial charge in [-0.2, -0.15) is 0 Å². The molecule has 0 spiro atoms. The second kappa shape index (κ2) is 7.95. The highest BCUT2D eigenvalue weighted by molar-refractivity contribution is 6.31. The van der Waals surface area contributed by atoms with E-state index >= 15 is 0 Å². The van der Waals surface area contributed by atoms with Crippen molar-refractivity contribution in [3.8, 4) is 0 Å². The van der Waals surface area contributed by atoms with Crippen LogP contribution in [-0.2, 0) is 4.79 Å². The lowest BCUT2D eigenvalue weighted by Crippen LogP contribution is -2.39. The van der Waals surface area contributed by atoms with Gasteiger partial charge in [-0.05, 0) is 49.7 Å². The Bertz CT molecular complexity index is 731. The Kier molecular flexibility index (Phi) is 5.95. The molecule has 0 heterocycles. The first-order chi connectivity index (χ1) is 11.4. The highest BCUT2D eigenvalue weighted by Gasteiger charge is 2.17. The quantitative estimate of drug-likeness (QED) is 0.752. The minimum Gasteiger partial charge on any atom is -0.366 e. The zero-order valence-electron chi connectivity index (χ0n) is 13.5. The molecule has 0 saturated heterocycles. The van der Waals surface area contributed by atoms with E-state index in [2.05, 4.69) is 10.6 Å². The molecule has 0 unspecified atom stereocenters. The van der Waals surface area contributed by atoms with Crippen molar-refractivity contribution in [1.29, 1.82) is 0 Å². The van der Waals surface area contributed by atoms with Crippen LogP contribution in [-0.4, -0.2) is 17.9 Å². The Balaban J connectivity index is 1.97. The van der Waals surface area contributed by atoms with Gasteiger partial charge in [0.05, 0.1) is 6.04 Å². The number of carbonyl (C=O) groups is 2. The lowest BCUT2D eigenvalue weighted by molar-refractivity contribution is -0.117. The molecule has 2 rings (SSSR count). The molecule has 2 aromatic carbocycles. The molecule has 0 aliphatic carbocycles. The lowest BCUT2D eigenvalue weighted by atomic mass is 10.1.